The topological polar surface area (TPSA) is 128 Å². The van der Waals surface area contributed by atoms with Crippen LogP contribution in [-0.4, -0.2) is 63.6 Å². The number of rotatable bonds is 10. The maximum Gasteiger partial charge on any atom is 0.482 e. The first kappa shape index (κ1) is 37.1. The first-order valence-electron chi connectivity index (χ1n) is 15.7. The number of hydrogen-bond donors (Lipinski definition) is 2. The zero-order valence-corrected chi connectivity index (χ0v) is 30.2. The molecule has 47 heavy (non-hydrogen) atoms. The molecule has 2 bridgehead atoms. The van der Waals surface area contributed by atoms with Crippen molar-refractivity contribution in [3.8, 4) is 17.2 Å². The molecule has 3 aliphatic carbocycles. The number of nitrogens with one attached hydrogen (secondary N) is 1. The molecule has 1 unspecified atom stereocenters. The SMILES string of the molecule is COc1ccc(C(N)C(=O)N[C@@H](Cc2cccc(C(=O)OC(C)(C)C)c2OC)B2O[C@@H]3C[C@@H]4C[C@@H](C4(C)C)[C@]3(C)O2)c(Cl)c1OC.Cl. The fourth-order valence-electron chi connectivity index (χ4n) is 7.56. The molecule has 2 aromatic carbocycles. The van der Waals surface area contributed by atoms with Crippen LogP contribution in [0.5, 0.6) is 17.2 Å². The molecule has 4 aliphatic rings. The molecule has 2 aromatic rings. The zero-order chi connectivity index (χ0) is 33.8. The highest BCUT2D eigenvalue weighted by atomic mass is 35.5. The smallest absolute Gasteiger partial charge is 0.482 e. The molecule has 0 aromatic heterocycles. The lowest BCUT2D eigenvalue weighted by Crippen LogP contribution is -2.65. The second kappa shape index (κ2) is 13.7. The summed E-state index contributed by atoms with van der Waals surface area (Å²) in [5.74, 6) is 0.246. The highest BCUT2D eigenvalue weighted by Gasteiger charge is 2.68. The number of carbonyl (C=O) groups excluding carboxylic acids is 2. The molecule has 6 rings (SSSR count). The molecule has 6 atom stereocenters. The van der Waals surface area contributed by atoms with E-state index in [9.17, 15) is 9.59 Å². The maximum absolute atomic E-state index is 13.9. The van der Waals surface area contributed by atoms with Gasteiger partial charge in [-0.3, -0.25) is 4.79 Å². The Balaban J connectivity index is 0.00000500. The van der Waals surface area contributed by atoms with Crippen molar-refractivity contribution >= 4 is 43.0 Å². The van der Waals surface area contributed by atoms with Gasteiger partial charge in [0.15, 0.2) is 11.5 Å². The van der Waals surface area contributed by atoms with Crippen LogP contribution in [0.25, 0.3) is 0 Å². The van der Waals surface area contributed by atoms with E-state index in [0.29, 0.717) is 34.5 Å². The summed E-state index contributed by atoms with van der Waals surface area (Å²) in [5, 5.41) is 3.28. The lowest BCUT2D eigenvalue weighted by Gasteiger charge is -2.64. The van der Waals surface area contributed by atoms with Gasteiger partial charge in [0.1, 0.15) is 23.0 Å². The lowest BCUT2D eigenvalue weighted by atomic mass is 9.43. The Hall–Kier alpha value is -2.70. The van der Waals surface area contributed by atoms with Gasteiger partial charge in [0.2, 0.25) is 5.91 Å². The fraction of sp³-hybridized carbons (Fsp3) is 0.588. The van der Waals surface area contributed by atoms with Gasteiger partial charge in [-0.15, -0.1) is 12.4 Å². The monoisotopic (exact) mass is 692 g/mol. The van der Waals surface area contributed by atoms with Gasteiger partial charge in [0, 0.05) is 5.56 Å². The second-order valence-electron chi connectivity index (χ2n) is 14.3. The van der Waals surface area contributed by atoms with E-state index >= 15 is 0 Å². The first-order valence-corrected chi connectivity index (χ1v) is 16.1. The summed E-state index contributed by atoms with van der Waals surface area (Å²) in [6.45, 7) is 12.1. The number of carbonyl (C=O) groups is 2. The maximum atomic E-state index is 13.9. The summed E-state index contributed by atoms with van der Waals surface area (Å²) >= 11 is 6.63. The number of halogens is 2. The normalized spacial score (nSPS) is 25.3. The molecule has 1 heterocycles. The molecule has 258 valence electrons. The van der Waals surface area contributed by atoms with Crippen LogP contribution >= 0.6 is 24.0 Å². The van der Waals surface area contributed by atoms with Crippen molar-refractivity contribution < 1.29 is 37.8 Å². The van der Waals surface area contributed by atoms with Crippen molar-refractivity contribution in [2.75, 3.05) is 21.3 Å². The van der Waals surface area contributed by atoms with Gasteiger partial charge in [-0.2, -0.15) is 0 Å². The average molecular weight is 693 g/mol. The van der Waals surface area contributed by atoms with E-state index in [0.717, 1.165) is 12.8 Å². The number of amides is 1. The number of methoxy groups -OCH3 is 3. The molecule has 0 radical (unpaired) electrons. The van der Waals surface area contributed by atoms with Gasteiger partial charge in [0.05, 0.1) is 44.0 Å². The minimum Gasteiger partial charge on any atom is -0.496 e. The fourth-order valence-corrected chi connectivity index (χ4v) is 7.91. The molecule has 1 amide bonds. The van der Waals surface area contributed by atoms with E-state index in [1.54, 1.807) is 45.0 Å². The van der Waals surface area contributed by atoms with E-state index in [4.69, 9.17) is 45.6 Å². The lowest BCUT2D eigenvalue weighted by molar-refractivity contribution is -0.199. The predicted octanol–water partition coefficient (Wildman–Crippen LogP) is 5.74. The Morgan fingerprint density at radius 2 is 1.74 bits per heavy atom. The Kier molecular flexibility index (Phi) is 10.8. The summed E-state index contributed by atoms with van der Waals surface area (Å²) in [7, 11) is 3.69. The Morgan fingerprint density at radius 3 is 2.34 bits per heavy atom. The van der Waals surface area contributed by atoms with Crippen LogP contribution in [0.2, 0.25) is 5.02 Å². The quantitative estimate of drug-likeness (QED) is 0.237. The van der Waals surface area contributed by atoms with Crippen LogP contribution in [0.4, 0.5) is 0 Å². The van der Waals surface area contributed by atoms with Gasteiger partial charge < -0.3 is 39.3 Å². The van der Waals surface area contributed by atoms with Crippen molar-refractivity contribution in [1.82, 2.24) is 5.32 Å². The zero-order valence-electron chi connectivity index (χ0n) is 28.6. The Bertz CT molecular complexity index is 1500. The summed E-state index contributed by atoms with van der Waals surface area (Å²) in [6.07, 6.45) is 2.08. The van der Waals surface area contributed by atoms with Crippen molar-refractivity contribution in [3.63, 3.8) is 0 Å². The number of ether oxygens (including phenoxy) is 4. The molecule has 1 aliphatic heterocycles. The number of hydrogen-bond acceptors (Lipinski definition) is 9. The van der Waals surface area contributed by atoms with Crippen molar-refractivity contribution in [1.29, 1.82) is 0 Å². The van der Waals surface area contributed by atoms with Gasteiger partial charge >= 0.3 is 13.1 Å². The second-order valence-corrected chi connectivity index (χ2v) is 14.7. The van der Waals surface area contributed by atoms with Crippen LogP contribution in [0.1, 0.15) is 81.9 Å². The third-order valence-electron chi connectivity index (χ3n) is 10.1. The molecular formula is C34H47BCl2N2O8. The van der Waals surface area contributed by atoms with E-state index in [1.165, 1.54) is 21.3 Å². The summed E-state index contributed by atoms with van der Waals surface area (Å²) in [6, 6.07) is 7.42. The molecular weight excluding hydrogens is 646 g/mol. The standard InChI is InChI=1S/C34H46BClN2O8.ClH/c1-32(2,3)44-31(40)21-12-10-11-18(28(21)42-8)15-25(35-45-24-17-19-16-23(33(19,4)5)34(24,6)46-35)38-30(39)27(37)20-13-14-22(41-7)29(43-9)26(20)36;/h10-14,19,23-25,27H,15-17,37H2,1-9H3,(H,38,39);1H/t19-,23-,24+,25-,27?,34-;/m0./s1. The average Bonchev–Trinajstić information content (AvgIpc) is 3.36. The third-order valence-corrected chi connectivity index (χ3v) is 10.5. The first-order chi connectivity index (χ1) is 21.5. The molecule has 0 spiro atoms. The van der Waals surface area contributed by atoms with Crippen molar-refractivity contribution in [2.24, 2.45) is 23.0 Å². The van der Waals surface area contributed by atoms with E-state index in [-0.39, 0.29) is 46.7 Å². The highest BCUT2D eigenvalue weighted by molar-refractivity contribution is 6.48. The minimum atomic E-state index is -1.14. The van der Waals surface area contributed by atoms with Crippen molar-refractivity contribution in [2.45, 2.75) is 90.1 Å². The third kappa shape index (κ3) is 6.79. The molecule has 4 fully saturated rings. The van der Waals surface area contributed by atoms with E-state index < -0.39 is 42.2 Å². The van der Waals surface area contributed by atoms with Crippen LogP contribution in [-0.2, 0) is 25.3 Å². The van der Waals surface area contributed by atoms with Crippen LogP contribution in [0, 0.1) is 17.3 Å². The molecule has 3 saturated carbocycles. The summed E-state index contributed by atoms with van der Waals surface area (Å²) < 4.78 is 35.6. The van der Waals surface area contributed by atoms with E-state index in [2.05, 4.69) is 26.1 Å². The van der Waals surface area contributed by atoms with Gasteiger partial charge in [-0.1, -0.05) is 43.6 Å². The molecule has 10 nitrogen and oxygen atoms in total. The minimum absolute atomic E-state index is 0. The Morgan fingerprint density at radius 1 is 1.06 bits per heavy atom. The van der Waals surface area contributed by atoms with Gasteiger partial charge in [-0.05, 0) is 81.9 Å². The van der Waals surface area contributed by atoms with Crippen molar-refractivity contribution in [3.05, 3.63) is 52.0 Å². The predicted molar refractivity (Wildman–Crippen MR) is 183 cm³/mol. The largest absolute Gasteiger partial charge is 0.496 e. The molecule has 1 saturated heterocycles. The van der Waals surface area contributed by atoms with Crippen LogP contribution in [0.15, 0.2) is 30.3 Å². The number of esters is 1. The number of nitrogens with two attached hydrogens (primary N) is 1. The number of para-hydroxylation sites is 1. The van der Waals surface area contributed by atoms with Crippen LogP contribution in [0.3, 0.4) is 0 Å². The summed E-state index contributed by atoms with van der Waals surface area (Å²) in [4.78, 5) is 27.0. The molecule has 3 N–H and O–H groups in total. The highest BCUT2D eigenvalue weighted by Crippen LogP contribution is 2.65. The molecule has 13 heteroatoms. The van der Waals surface area contributed by atoms with Gasteiger partial charge in [-0.25, -0.2) is 4.79 Å². The van der Waals surface area contributed by atoms with Crippen LogP contribution < -0.4 is 25.3 Å². The summed E-state index contributed by atoms with van der Waals surface area (Å²) in [5.41, 5.74) is 6.78. The van der Waals surface area contributed by atoms with E-state index in [1.807, 2.05) is 6.07 Å². The number of benzene rings is 2. The Labute approximate surface area is 289 Å². The van der Waals surface area contributed by atoms with Gasteiger partial charge in [0.25, 0.3) is 0 Å².